The van der Waals surface area contributed by atoms with Crippen LogP contribution >= 0.6 is 11.3 Å². The van der Waals surface area contributed by atoms with Crippen molar-refractivity contribution in [2.75, 3.05) is 36.5 Å². The number of amides is 1. The normalized spacial score (nSPS) is 13.8. The smallest absolute Gasteiger partial charge is 0.267 e. The van der Waals surface area contributed by atoms with E-state index >= 15 is 0 Å². The summed E-state index contributed by atoms with van der Waals surface area (Å²) < 4.78 is 7.31. The molecule has 5 rings (SSSR count). The second-order valence-electron chi connectivity index (χ2n) is 7.50. The number of benzene rings is 1. The first kappa shape index (κ1) is 20.4. The van der Waals surface area contributed by atoms with Crippen LogP contribution < -0.4 is 10.2 Å². The SMILES string of the molecule is O=C(Nc1ccn(Cc2ccncc2)n1)c1cc(-c2ccccc2)c(N2CCOCC2)s1. The lowest BCUT2D eigenvalue weighted by Gasteiger charge is -2.28. The molecule has 0 atom stereocenters. The van der Waals surface area contributed by atoms with E-state index in [2.05, 4.69) is 32.4 Å². The minimum absolute atomic E-state index is 0.152. The standard InChI is InChI=1S/C24H23N5O2S/c30-23(26-22-8-11-29(27-22)17-18-6-9-25-10-7-18)21-16-20(19-4-2-1-3-5-19)24(32-21)28-12-14-31-15-13-28/h1-11,16H,12-15,17H2,(H,26,27,30). The fourth-order valence-corrected chi connectivity index (χ4v) is 4.82. The van der Waals surface area contributed by atoms with E-state index in [1.807, 2.05) is 48.7 Å². The summed E-state index contributed by atoms with van der Waals surface area (Å²) in [6.45, 7) is 3.66. The molecule has 4 aromatic rings. The zero-order chi connectivity index (χ0) is 21.8. The molecule has 0 unspecified atom stereocenters. The number of hydrogen-bond donors (Lipinski definition) is 1. The van der Waals surface area contributed by atoms with Crippen LogP contribution in [0.4, 0.5) is 10.8 Å². The second-order valence-corrected chi connectivity index (χ2v) is 8.53. The largest absolute Gasteiger partial charge is 0.378 e. The lowest BCUT2D eigenvalue weighted by atomic mass is 10.1. The molecule has 8 heteroatoms. The van der Waals surface area contributed by atoms with Gasteiger partial charge in [-0.05, 0) is 29.3 Å². The Kier molecular flexibility index (Phi) is 5.96. The summed E-state index contributed by atoms with van der Waals surface area (Å²) in [7, 11) is 0. The maximum atomic E-state index is 13.1. The highest BCUT2D eigenvalue weighted by Gasteiger charge is 2.22. The summed E-state index contributed by atoms with van der Waals surface area (Å²) in [5, 5.41) is 8.54. The highest BCUT2D eigenvalue weighted by molar-refractivity contribution is 7.18. The molecule has 1 amide bonds. The number of nitrogens with one attached hydrogen (secondary N) is 1. The summed E-state index contributed by atoms with van der Waals surface area (Å²) in [6, 6.07) is 17.9. The van der Waals surface area contributed by atoms with Crippen LogP contribution in [-0.4, -0.2) is 47.0 Å². The minimum Gasteiger partial charge on any atom is -0.378 e. The number of anilines is 2. The average Bonchev–Trinajstić information content (AvgIpc) is 3.48. The Morgan fingerprint density at radius 3 is 2.62 bits per heavy atom. The Labute approximate surface area is 190 Å². The van der Waals surface area contributed by atoms with Crippen molar-refractivity contribution in [2.24, 2.45) is 0 Å². The molecule has 1 aromatic carbocycles. The van der Waals surface area contributed by atoms with Crippen molar-refractivity contribution in [1.29, 1.82) is 0 Å². The maximum Gasteiger partial charge on any atom is 0.267 e. The van der Waals surface area contributed by atoms with Gasteiger partial charge in [-0.15, -0.1) is 11.3 Å². The van der Waals surface area contributed by atoms with Gasteiger partial charge in [-0.3, -0.25) is 14.5 Å². The molecule has 7 nitrogen and oxygen atoms in total. The molecule has 1 saturated heterocycles. The molecular formula is C24H23N5O2S. The Bertz CT molecular complexity index is 1180. The lowest BCUT2D eigenvalue weighted by molar-refractivity contribution is 0.103. The molecule has 3 aromatic heterocycles. The summed E-state index contributed by atoms with van der Waals surface area (Å²) in [6.07, 6.45) is 5.38. The van der Waals surface area contributed by atoms with E-state index in [0.717, 1.165) is 34.8 Å². The quantitative estimate of drug-likeness (QED) is 0.483. The van der Waals surface area contributed by atoms with Crippen molar-refractivity contribution in [3.8, 4) is 11.1 Å². The molecule has 0 radical (unpaired) electrons. The summed E-state index contributed by atoms with van der Waals surface area (Å²) in [5.74, 6) is 0.382. The van der Waals surface area contributed by atoms with Gasteiger partial charge in [0.2, 0.25) is 0 Å². The predicted octanol–water partition coefficient (Wildman–Crippen LogP) is 4.14. The zero-order valence-electron chi connectivity index (χ0n) is 17.5. The number of ether oxygens (including phenoxy) is 1. The molecule has 0 saturated carbocycles. The Balaban J connectivity index is 1.36. The number of morpholine rings is 1. The topological polar surface area (TPSA) is 72.3 Å². The highest BCUT2D eigenvalue weighted by Crippen LogP contribution is 2.39. The third-order valence-corrected chi connectivity index (χ3v) is 6.49. The van der Waals surface area contributed by atoms with E-state index in [1.165, 1.54) is 11.3 Å². The van der Waals surface area contributed by atoms with E-state index < -0.39 is 0 Å². The van der Waals surface area contributed by atoms with Crippen LogP contribution in [0, 0.1) is 0 Å². The molecule has 1 aliphatic rings. The Hall–Kier alpha value is -3.49. The predicted molar refractivity (Wildman–Crippen MR) is 126 cm³/mol. The molecule has 162 valence electrons. The van der Waals surface area contributed by atoms with Crippen LogP contribution in [0.25, 0.3) is 11.1 Å². The number of carbonyl (C=O) groups is 1. The van der Waals surface area contributed by atoms with E-state index in [-0.39, 0.29) is 5.91 Å². The van der Waals surface area contributed by atoms with Gasteiger partial charge in [0.15, 0.2) is 5.82 Å². The number of thiophene rings is 1. The van der Waals surface area contributed by atoms with E-state index in [9.17, 15) is 4.79 Å². The summed E-state index contributed by atoms with van der Waals surface area (Å²) in [4.78, 5) is 20.1. The Morgan fingerprint density at radius 1 is 1.06 bits per heavy atom. The fraction of sp³-hybridized carbons (Fsp3) is 0.208. The summed E-state index contributed by atoms with van der Waals surface area (Å²) >= 11 is 1.51. The first-order chi connectivity index (χ1) is 15.8. The number of hydrogen-bond acceptors (Lipinski definition) is 6. The monoisotopic (exact) mass is 445 g/mol. The van der Waals surface area contributed by atoms with Crippen LogP contribution in [0.1, 0.15) is 15.2 Å². The molecular weight excluding hydrogens is 422 g/mol. The van der Waals surface area contributed by atoms with Crippen LogP contribution in [0.2, 0.25) is 0 Å². The van der Waals surface area contributed by atoms with Crippen LogP contribution in [-0.2, 0) is 11.3 Å². The number of aromatic nitrogens is 3. The van der Waals surface area contributed by atoms with Crippen LogP contribution in [0.15, 0.2) is 73.2 Å². The van der Waals surface area contributed by atoms with Gasteiger partial charge in [0.25, 0.3) is 5.91 Å². The second kappa shape index (κ2) is 9.33. The molecule has 0 spiro atoms. The molecule has 32 heavy (non-hydrogen) atoms. The van der Waals surface area contributed by atoms with E-state index in [0.29, 0.717) is 30.5 Å². The fourth-order valence-electron chi connectivity index (χ4n) is 3.69. The average molecular weight is 446 g/mol. The number of pyridine rings is 1. The lowest BCUT2D eigenvalue weighted by Crippen LogP contribution is -2.35. The third kappa shape index (κ3) is 4.56. The molecule has 0 aliphatic carbocycles. The highest BCUT2D eigenvalue weighted by atomic mass is 32.1. The van der Waals surface area contributed by atoms with Crippen molar-refractivity contribution < 1.29 is 9.53 Å². The van der Waals surface area contributed by atoms with Crippen molar-refractivity contribution in [1.82, 2.24) is 14.8 Å². The molecule has 1 aliphatic heterocycles. The third-order valence-electron chi connectivity index (χ3n) is 5.30. The van der Waals surface area contributed by atoms with Gasteiger partial charge in [-0.1, -0.05) is 30.3 Å². The number of nitrogens with zero attached hydrogens (tertiary/aromatic N) is 4. The van der Waals surface area contributed by atoms with Gasteiger partial charge in [0, 0.05) is 43.3 Å². The summed E-state index contributed by atoms with van der Waals surface area (Å²) in [5.41, 5.74) is 3.28. The van der Waals surface area contributed by atoms with Crippen molar-refractivity contribution in [2.45, 2.75) is 6.54 Å². The first-order valence-electron chi connectivity index (χ1n) is 10.5. The molecule has 1 N–H and O–H groups in total. The van der Waals surface area contributed by atoms with Crippen molar-refractivity contribution in [3.05, 3.63) is 83.6 Å². The van der Waals surface area contributed by atoms with E-state index in [4.69, 9.17) is 4.74 Å². The van der Waals surface area contributed by atoms with Crippen LogP contribution in [0.3, 0.4) is 0 Å². The van der Waals surface area contributed by atoms with E-state index in [1.54, 1.807) is 17.1 Å². The van der Waals surface area contributed by atoms with Gasteiger partial charge in [0.05, 0.1) is 29.6 Å². The molecule has 0 bridgehead atoms. The van der Waals surface area contributed by atoms with Crippen LogP contribution in [0.5, 0.6) is 0 Å². The van der Waals surface area contributed by atoms with Gasteiger partial charge < -0.3 is 15.0 Å². The van der Waals surface area contributed by atoms with Gasteiger partial charge in [-0.2, -0.15) is 5.10 Å². The molecule has 4 heterocycles. The van der Waals surface area contributed by atoms with Crippen molar-refractivity contribution >= 4 is 28.1 Å². The van der Waals surface area contributed by atoms with Gasteiger partial charge >= 0.3 is 0 Å². The number of carbonyl (C=O) groups excluding carboxylic acids is 1. The first-order valence-corrected chi connectivity index (χ1v) is 11.3. The van der Waals surface area contributed by atoms with Gasteiger partial charge in [-0.25, -0.2) is 0 Å². The maximum absolute atomic E-state index is 13.1. The zero-order valence-corrected chi connectivity index (χ0v) is 18.3. The Morgan fingerprint density at radius 2 is 1.84 bits per heavy atom. The van der Waals surface area contributed by atoms with Crippen molar-refractivity contribution in [3.63, 3.8) is 0 Å². The van der Waals surface area contributed by atoms with Gasteiger partial charge in [0.1, 0.15) is 0 Å². The minimum atomic E-state index is -0.152. The molecule has 1 fully saturated rings. The number of rotatable bonds is 6.